The Labute approximate surface area is 158 Å². The Morgan fingerprint density at radius 3 is 2.63 bits per heavy atom. The molecular formula is C19H22N2O5S. The number of amides is 1. The third kappa shape index (κ3) is 4.29. The maximum absolute atomic E-state index is 12.8. The van der Waals surface area contributed by atoms with Crippen LogP contribution in [-0.2, 0) is 14.8 Å². The summed E-state index contributed by atoms with van der Waals surface area (Å²) in [7, 11) is -2.06. The van der Waals surface area contributed by atoms with E-state index in [4.69, 9.17) is 9.47 Å². The van der Waals surface area contributed by atoms with Crippen molar-refractivity contribution in [2.24, 2.45) is 0 Å². The Balaban J connectivity index is 1.74. The van der Waals surface area contributed by atoms with Crippen LogP contribution in [0.5, 0.6) is 5.75 Å². The van der Waals surface area contributed by atoms with Gasteiger partial charge in [-0.2, -0.15) is 4.31 Å². The van der Waals surface area contributed by atoms with E-state index in [0.717, 1.165) is 0 Å². The van der Waals surface area contributed by atoms with Crippen molar-refractivity contribution in [1.29, 1.82) is 0 Å². The van der Waals surface area contributed by atoms with Crippen molar-refractivity contribution in [2.75, 3.05) is 32.2 Å². The van der Waals surface area contributed by atoms with Crippen LogP contribution in [0.3, 0.4) is 0 Å². The second-order valence-corrected chi connectivity index (χ2v) is 8.14. The molecule has 1 aliphatic heterocycles. The Hall–Kier alpha value is -2.42. The van der Waals surface area contributed by atoms with Crippen LogP contribution >= 0.6 is 0 Å². The van der Waals surface area contributed by atoms with E-state index < -0.39 is 10.0 Å². The highest BCUT2D eigenvalue weighted by Crippen LogP contribution is 2.22. The molecule has 1 fully saturated rings. The van der Waals surface area contributed by atoms with Gasteiger partial charge >= 0.3 is 0 Å². The number of carbonyl (C=O) groups is 1. The van der Waals surface area contributed by atoms with Gasteiger partial charge in [0, 0.05) is 23.8 Å². The van der Waals surface area contributed by atoms with Gasteiger partial charge in [0.2, 0.25) is 10.0 Å². The number of anilines is 1. The third-order valence-electron chi connectivity index (χ3n) is 4.36. The predicted molar refractivity (Wildman–Crippen MR) is 102 cm³/mol. The van der Waals surface area contributed by atoms with E-state index in [1.54, 1.807) is 36.4 Å². The van der Waals surface area contributed by atoms with Crippen LogP contribution in [0.4, 0.5) is 5.69 Å². The van der Waals surface area contributed by atoms with E-state index in [-0.39, 0.29) is 16.8 Å². The van der Waals surface area contributed by atoms with E-state index in [2.05, 4.69) is 5.32 Å². The fourth-order valence-corrected chi connectivity index (χ4v) is 4.48. The molecule has 0 aromatic heterocycles. The molecule has 1 atom stereocenters. The summed E-state index contributed by atoms with van der Waals surface area (Å²) in [6.07, 6.45) is 0. The normalized spacial score (nSPS) is 18.1. The van der Waals surface area contributed by atoms with Gasteiger partial charge in [0.05, 0.1) is 25.2 Å². The van der Waals surface area contributed by atoms with Gasteiger partial charge in [-0.3, -0.25) is 4.79 Å². The lowest BCUT2D eigenvalue weighted by molar-refractivity contribution is 0.0393. The number of hydrogen-bond donors (Lipinski definition) is 1. The molecule has 0 saturated carbocycles. The first kappa shape index (κ1) is 19.3. The lowest BCUT2D eigenvalue weighted by Crippen LogP contribution is -2.46. The third-order valence-corrected chi connectivity index (χ3v) is 6.39. The smallest absolute Gasteiger partial charge is 0.255 e. The summed E-state index contributed by atoms with van der Waals surface area (Å²) in [4.78, 5) is 12.5. The van der Waals surface area contributed by atoms with E-state index in [1.807, 2.05) is 6.92 Å². The fourth-order valence-electron chi connectivity index (χ4n) is 2.88. The molecule has 1 heterocycles. The lowest BCUT2D eigenvalue weighted by Gasteiger charge is -2.32. The Morgan fingerprint density at radius 1 is 1.22 bits per heavy atom. The van der Waals surface area contributed by atoms with Crippen LogP contribution in [-0.4, -0.2) is 51.5 Å². The summed E-state index contributed by atoms with van der Waals surface area (Å²) in [6.45, 7) is 2.92. The largest absolute Gasteiger partial charge is 0.497 e. The van der Waals surface area contributed by atoms with Gasteiger partial charge in [-0.25, -0.2) is 8.42 Å². The van der Waals surface area contributed by atoms with Crippen LogP contribution in [0.1, 0.15) is 17.3 Å². The Kier molecular flexibility index (Phi) is 5.79. The summed E-state index contributed by atoms with van der Waals surface area (Å²) in [5.74, 6) is 0.287. The van der Waals surface area contributed by atoms with Crippen LogP contribution in [0, 0.1) is 0 Å². The number of rotatable bonds is 5. The van der Waals surface area contributed by atoms with Gasteiger partial charge < -0.3 is 14.8 Å². The fraction of sp³-hybridized carbons (Fsp3) is 0.316. The van der Waals surface area contributed by atoms with Gasteiger partial charge in [-0.15, -0.1) is 0 Å². The molecular weight excluding hydrogens is 368 g/mol. The van der Waals surface area contributed by atoms with Crippen molar-refractivity contribution in [1.82, 2.24) is 4.31 Å². The molecule has 1 amide bonds. The summed E-state index contributed by atoms with van der Waals surface area (Å²) >= 11 is 0. The lowest BCUT2D eigenvalue weighted by atomic mass is 10.2. The molecule has 1 aliphatic rings. The van der Waals surface area contributed by atoms with Crippen LogP contribution < -0.4 is 10.1 Å². The summed E-state index contributed by atoms with van der Waals surface area (Å²) < 4.78 is 37.4. The second-order valence-electron chi connectivity index (χ2n) is 6.25. The zero-order chi connectivity index (χ0) is 19.4. The number of ether oxygens (including phenoxy) is 2. The molecule has 27 heavy (non-hydrogen) atoms. The van der Waals surface area contributed by atoms with Gasteiger partial charge in [-0.1, -0.05) is 6.07 Å². The number of sulfonamides is 1. The highest BCUT2D eigenvalue weighted by molar-refractivity contribution is 7.89. The maximum atomic E-state index is 12.8. The summed E-state index contributed by atoms with van der Waals surface area (Å²) in [5, 5.41) is 2.75. The molecule has 0 radical (unpaired) electrons. The van der Waals surface area contributed by atoms with Crippen LogP contribution in [0.25, 0.3) is 0 Å². The van der Waals surface area contributed by atoms with Crippen molar-refractivity contribution >= 4 is 21.6 Å². The van der Waals surface area contributed by atoms with Crippen molar-refractivity contribution < 1.29 is 22.7 Å². The standard InChI is InChI=1S/C19H22N2O5S/c1-14-13-26-11-10-21(14)27(23,24)18-8-6-16(7-9-18)20-19(22)15-4-3-5-17(12-15)25-2/h3-9,12,14H,10-11,13H2,1-2H3,(H,20,22). The van der Waals surface area contributed by atoms with E-state index >= 15 is 0 Å². The number of hydrogen-bond acceptors (Lipinski definition) is 5. The van der Waals surface area contributed by atoms with Crippen molar-refractivity contribution in [3.63, 3.8) is 0 Å². The molecule has 1 N–H and O–H groups in total. The molecule has 144 valence electrons. The summed E-state index contributed by atoms with van der Waals surface area (Å²) in [6, 6.07) is 12.7. The molecule has 3 rings (SSSR count). The quantitative estimate of drug-likeness (QED) is 0.847. The average Bonchev–Trinajstić information content (AvgIpc) is 2.68. The number of nitrogens with one attached hydrogen (secondary N) is 1. The van der Waals surface area contributed by atoms with Crippen molar-refractivity contribution in [3.05, 3.63) is 54.1 Å². The average molecular weight is 390 g/mol. The molecule has 8 heteroatoms. The van der Waals surface area contributed by atoms with Crippen LogP contribution in [0.15, 0.2) is 53.4 Å². The molecule has 2 aromatic rings. The predicted octanol–water partition coefficient (Wildman–Crippen LogP) is 2.36. The number of carbonyl (C=O) groups excluding carboxylic acids is 1. The molecule has 0 spiro atoms. The zero-order valence-corrected chi connectivity index (χ0v) is 16.0. The Bertz CT molecular complexity index is 912. The molecule has 1 saturated heterocycles. The topological polar surface area (TPSA) is 84.9 Å². The molecule has 7 nitrogen and oxygen atoms in total. The maximum Gasteiger partial charge on any atom is 0.255 e. The molecule has 0 aliphatic carbocycles. The minimum absolute atomic E-state index is 0.190. The highest BCUT2D eigenvalue weighted by atomic mass is 32.2. The first-order valence-corrected chi connectivity index (χ1v) is 10.0. The number of benzene rings is 2. The molecule has 0 bridgehead atoms. The minimum atomic E-state index is -3.59. The number of nitrogens with zero attached hydrogens (tertiary/aromatic N) is 1. The zero-order valence-electron chi connectivity index (χ0n) is 15.2. The first-order chi connectivity index (χ1) is 12.9. The van der Waals surface area contributed by atoms with Crippen LogP contribution in [0.2, 0.25) is 0 Å². The SMILES string of the molecule is COc1cccc(C(=O)Nc2ccc(S(=O)(=O)N3CCOCC3C)cc2)c1. The first-order valence-electron chi connectivity index (χ1n) is 8.57. The van der Waals surface area contributed by atoms with E-state index in [1.165, 1.54) is 23.5 Å². The van der Waals surface area contributed by atoms with E-state index in [9.17, 15) is 13.2 Å². The molecule has 2 aromatic carbocycles. The van der Waals surface area contributed by atoms with Crippen molar-refractivity contribution in [3.8, 4) is 5.75 Å². The van der Waals surface area contributed by atoms with Gasteiger partial charge in [0.25, 0.3) is 5.91 Å². The van der Waals surface area contributed by atoms with E-state index in [0.29, 0.717) is 36.8 Å². The second kappa shape index (κ2) is 8.08. The highest BCUT2D eigenvalue weighted by Gasteiger charge is 2.31. The van der Waals surface area contributed by atoms with Gasteiger partial charge in [-0.05, 0) is 49.4 Å². The monoisotopic (exact) mass is 390 g/mol. The molecule has 1 unspecified atom stereocenters. The number of methoxy groups -OCH3 is 1. The number of morpholine rings is 1. The minimum Gasteiger partial charge on any atom is -0.497 e. The van der Waals surface area contributed by atoms with Gasteiger partial charge in [0.15, 0.2) is 0 Å². The van der Waals surface area contributed by atoms with Gasteiger partial charge in [0.1, 0.15) is 5.75 Å². The van der Waals surface area contributed by atoms with Crippen molar-refractivity contribution in [2.45, 2.75) is 17.9 Å². The Morgan fingerprint density at radius 2 is 1.96 bits per heavy atom. The summed E-state index contributed by atoms with van der Waals surface area (Å²) in [5.41, 5.74) is 0.963.